The van der Waals surface area contributed by atoms with E-state index < -0.39 is 0 Å². The summed E-state index contributed by atoms with van der Waals surface area (Å²) in [6, 6.07) is 17.5. The highest BCUT2D eigenvalue weighted by Crippen LogP contribution is 2.23. The van der Waals surface area contributed by atoms with Crippen LogP contribution in [0.1, 0.15) is 11.1 Å². The first-order valence-electron chi connectivity index (χ1n) is 7.83. The maximum atomic E-state index is 8.90. The average molecular weight is 423 g/mol. The third-order valence-electron chi connectivity index (χ3n) is 3.52. The SMILES string of the molecule is C=CCN=c1scc(-c2cccc(Br)c2)n1N=Cc1ccc(C#N)cc1. The Morgan fingerprint density at radius 1 is 1.23 bits per heavy atom. The molecule has 0 N–H and O–H groups in total. The second-order valence-corrected chi connectivity index (χ2v) is 7.09. The summed E-state index contributed by atoms with van der Waals surface area (Å²) in [5, 5.41) is 15.6. The topological polar surface area (TPSA) is 53.4 Å². The molecular weight excluding hydrogens is 408 g/mol. The molecule has 0 amide bonds. The van der Waals surface area contributed by atoms with Crippen LogP contribution in [0, 0.1) is 11.3 Å². The van der Waals surface area contributed by atoms with Crippen LogP contribution in [0.25, 0.3) is 11.3 Å². The van der Waals surface area contributed by atoms with Crippen molar-refractivity contribution >= 4 is 33.5 Å². The van der Waals surface area contributed by atoms with E-state index in [0.29, 0.717) is 12.1 Å². The minimum atomic E-state index is 0.533. The smallest absolute Gasteiger partial charge is 0.206 e. The second-order valence-electron chi connectivity index (χ2n) is 5.33. The van der Waals surface area contributed by atoms with Gasteiger partial charge in [-0.2, -0.15) is 10.4 Å². The number of hydrogen-bond donors (Lipinski definition) is 0. The van der Waals surface area contributed by atoms with E-state index in [2.05, 4.69) is 38.7 Å². The zero-order valence-corrected chi connectivity index (χ0v) is 16.2. The minimum absolute atomic E-state index is 0.533. The molecule has 26 heavy (non-hydrogen) atoms. The zero-order valence-electron chi connectivity index (χ0n) is 13.8. The molecule has 1 heterocycles. The fraction of sp³-hybridized carbons (Fsp3) is 0.0500. The van der Waals surface area contributed by atoms with Crippen molar-refractivity contribution < 1.29 is 0 Å². The van der Waals surface area contributed by atoms with Gasteiger partial charge < -0.3 is 0 Å². The molecular formula is C20H15BrN4S. The van der Waals surface area contributed by atoms with Crippen molar-refractivity contribution in [3.8, 4) is 17.3 Å². The van der Waals surface area contributed by atoms with Gasteiger partial charge in [-0.1, -0.05) is 46.3 Å². The van der Waals surface area contributed by atoms with Crippen LogP contribution in [0.2, 0.25) is 0 Å². The van der Waals surface area contributed by atoms with Crippen molar-refractivity contribution in [3.05, 3.63) is 87.0 Å². The van der Waals surface area contributed by atoms with E-state index >= 15 is 0 Å². The number of rotatable bonds is 5. The molecule has 0 spiro atoms. The molecule has 3 rings (SSSR count). The first-order chi connectivity index (χ1) is 12.7. The van der Waals surface area contributed by atoms with Gasteiger partial charge in [-0.15, -0.1) is 17.9 Å². The summed E-state index contributed by atoms with van der Waals surface area (Å²) in [7, 11) is 0. The summed E-state index contributed by atoms with van der Waals surface area (Å²) in [6.07, 6.45) is 3.52. The van der Waals surface area contributed by atoms with E-state index in [1.165, 1.54) is 11.3 Å². The van der Waals surface area contributed by atoms with Gasteiger partial charge in [0.05, 0.1) is 30.1 Å². The quantitative estimate of drug-likeness (QED) is 0.429. The van der Waals surface area contributed by atoms with Gasteiger partial charge in [0.15, 0.2) is 0 Å². The Kier molecular flexibility index (Phi) is 5.95. The van der Waals surface area contributed by atoms with E-state index in [0.717, 1.165) is 26.1 Å². The summed E-state index contributed by atoms with van der Waals surface area (Å²) < 4.78 is 2.84. The van der Waals surface area contributed by atoms with Gasteiger partial charge in [0.25, 0.3) is 0 Å². The molecule has 1 aromatic heterocycles. The van der Waals surface area contributed by atoms with Crippen LogP contribution in [-0.2, 0) is 0 Å². The number of nitrogens with zero attached hydrogens (tertiary/aromatic N) is 4. The lowest BCUT2D eigenvalue weighted by atomic mass is 10.2. The molecule has 3 aromatic rings. The number of halogens is 1. The van der Waals surface area contributed by atoms with Crippen LogP contribution in [-0.4, -0.2) is 17.4 Å². The minimum Gasteiger partial charge on any atom is -0.253 e. The van der Waals surface area contributed by atoms with Gasteiger partial charge in [0, 0.05) is 15.4 Å². The predicted octanol–water partition coefficient (Wildman–Crippen LogP) is 4.82. The molecule has 0 saturated carbocycles. The molecule has 0 aliphatic carbocycles. The van der Waals surface area contributed by atoms with Crippen molar-refractivity contribution in [2.24, 2.45) is 10.1 Å². The Hall–Kier alpha value is -2.75. The van der Waals surface area contributed by atoms with Crippen LogP contribution >= 0.6 is 27.3 Å². The Bertz CT molecular complexity index is 1050. The van der Waals surface area contributed by atoms with Gasteiger partial charge in [-0.05, 0) is 29.8 Å². The number of thiazole rings is 1. The Balaban J connectivity index is 2.05. The first kappa shape index (κ1) is 18.1. The van der Waals surface area contributed by atoms with Crippen LogP contribution in [0.15, 0.2) is 81.1 Å². The Labute approximate surface area is 164 Å². The molecule has 0 fully saturated rings. The van der Waals surface area contributed by atoms with Crippen molar-refractivity contribution in [1.82, 2.24) is 4.68 Å². The highest BCUT2D eigenvalue weighted by Gasteiger charge is 2.07. The normalized spacial score (nSPS) is 11.6. The molecule has 0 aliphatic rings. The van der Waals surface area contributed by atoms with Gasteiger partial charge in [-0.3, -0.25) is 4.99 Å². The second kappa shape index (κ2) is 8.56. The number of benzene rings is 2. The van der Waals surface area contributed by atoms with Gasteiger partial charge in [-0.25, -0.2) is 4.68 Å². The van der Waals surface area contributed by atoms with E-state index in [1.807, 2.05) is 46.5 Å². The molecule has 0 saturated heterocycles. The van der Waals surface area contributed by atoms with Crippen molar-refractivity contribution in [3.63, 3.8) is 0 Å². The van der Waals surface area contributed by atoms with Gasteiger partial charge in [0.1, 0.15) is 0 Å². The molecule has 0 unspecified atom stereocenters. The van der Waals surface area contributed by atoms with E-state index in [4.69, 9.17) is 5.26 Å². The summed E-state index contributed by atoms with van der Waals surface area (Å²) in [6.45, 7) is 4.26. The number of hydrogen-bond acceptors (Lipinski definition) is 4. The lowest BCUT2D eigenvalue weighted by Gasteiger charge is -2.04. The van der Waals surface area contributed by atoms with Crippen LogP contribution in [0.3, 0.4) is 0 Å². The molecule has 0 atom stereocenters. The van der Waals surface area contributed by atoms with Crippen LogP contribution in [0.4, 0.5) is 0 Å². The fourth-order valence-corrected chi connectivity index (χ4v) is 3.52. The molecule has 0 bridgehead atoms. The molecule has 0 aliphatic heterocycles. The van der Waals surface area contributed by atoms with E-state index in [9.17, 15) is 0 Å². The van der Waals surface area contributed by atoms with Crippen LogP contribution < -0.4 is 4.80 Å². The third-order valence-corrected chi connectivity index (χ3v) is 4.87. The summed E-state index contributed by atoms with van der Waals surface area (Å²) in [4.78, 5) is 5.32. The maximum Gasteiger partial charge on any atom is 0.206 e. The maximum absolute atomic E-state index is 8.90. The zero-order chi connectivity index (χ0) is 18.4. The average Bonchev–Trinajstić information content (AvgIpc) is 3.08. The summed E-state index contributed by atoms with van der Waals surface area (Å²) >= 11 is 5.05. The molecule has 0 radical (unpaired) electrons. The number of aromatic nitrogens is 1. The first-order valence-corrected chi connectivity index (χ1v) is 9.51. The summed E-state index contributed by atoms with van der Waals surface area (Å²) in [5.74, 6) is 0. The molecule has 2 aromatic carbocycles. The Morgan fingerprint density at radius 2 is 2.04 bits per heavy atom. The highest BCUT2D eigenvalue weighted by molar-refractivity contribution is 9.10. The molecule has 4 nitrogen and oxygen atoms in total. The standard InChI is InChI=1S/C20H15BrN4S/c1-2-10-23-20-25(24-13-16-8-6-15(12-22)7-9-16)19(14-26-20)17-4-3-5-18(21)11-17/h2-9,11,13-14H,1,10H2. The largest absolute Gasteiger partial charge is 0.253 e. The van der Waals surface area contributed by atoms with Crippen molar-refractivity contribution in [1.29, 1.82) is 5.26 Å². The van der Waals surface area contributed by atoms with Crippen LogP contribution in [0.5, 0.6) is 0 Å². The van der Waals surface area contributed by atoms with Gasteiger partial charge in [0.2, 0.25) is 4.80 Å². The Morgan fingerprint density at radius 3 is 2.73 bits per heavy atom. The monoisotopic (exact) mass is 422 g/mol. The highest BCUT2D eigenvalue weighted by atomic mass is 79.9. The molecule has 128 valence electrons. The lowest BCUT2D eigenvalue weighted by molar-refractivity contribution is 0.840. The third kappa shape index (κ3) is 4.26. The van der Waals surface area contributed by atoms with Gasteiger partial charge >= 0.3 is 0 Å². The number of nitriles is 1. The van der Waals surface area contributed by atoms with Crippen molar-refractivity contribution in [2.45, 2.75) is 0 Å². The summed E-state index contributed by atoms with van der Waals surface area (Å²) in [5.41, 5.74) is 3.55. The van der Waals surface area contributed by atoms with E-state index in [-0.39, 0.29) is 0 Å². The predicted molar refractivity (Wildman–Crippen MR) is 110 cm³/mol. The molecule has 6 heteroatoms. The lowest BCUT2D eigenvalue weighted by Crippen LogP contribution is -2.12. The fourth-order valence-electron chi connectivity index (χ4n) is 2.28. The van der Waals surface area contributed by atoms with Crippen molar-refractivity contribution in [2.75, 3.05) is 6.54 Å². The van der Waals surface area contributed by atoms with E-state index in [1.54, 1.807) is 24.4 Å².